The highest BCUT2D eigenvalue weighted by Gasteiger charge is 2.25. The van der Waals surface area contributed by atoms with Gasteiger partial charge in [0, 0.05) is 29.7 Å². The van der Waals surface area contributed by atoms with Crippen LogP contribution < -0.4 is 15.8 Å². The fraction of sp³-hybridized carbons (Fsp3) is 0.333. The van der Waals surface area contributed by atoms with E-state index in [0.717, 1.165) is 4.90 Å². The number of thioether (sulfide) groups is 1. The van der Waals surface area contributed by atoms with Crippen molar-refractivity contribution in [3.63, 3.8) is 0 Å². The zero-order valence-electron chi connectivity index (χ0n) is 10.5. The van der Waals surface area contributed by atoms with Gasteiger partial charge in [0.1, 0.15) is 5.75 Å². The molecule has 3 N–H and O–H groups in total. The molecule has 1 saturated heterocycles. The van der Waals surface area contributed by atoms with Crippen LogP contribution in [0.1, 0.15) is 0 Å². The summed E-state index contributed by atoms with van der Waals surface area (Å²) in [5.74, 6) is 0.607. The predicted octanol–water partition coefficient (Wildman–Crippen LogP) is 0.921. The normalized spacial score (nSPS) is 14.4. The number of benzene rings is 1. The average molecular weight is 281 g/mol. The van der Waals surface area contributed by atoms with Crippen molar-refractivity contribution in [2.24, 2.45) is 0 Å². The van der Waals surface area contributed by atoms with E-state index < -0.39 is 0 Å². The predicted molar refractivity (Wildman–Crippen MR) is 73.2 cm³/mol. The number of carbonyl (C=O) groups excluding carboxylic acids is 2. The SMILES string of the molecule is COc1cc(N)ccc1SCC(=O)N1CCNC1=O. The summed E-state index contributed by atoms with van der Waals surface area (Å²) in [5, 5.41) is 2.59. The lowest BCUT2D eigenvalue weighted by Crippen LogP contribution is -2.35. The van der Waals surface area contributed by atoms with Gasteiger partial charge in [-0.3, -0.25) is 9.69 Å². The van der Waals surface area contributed by atoms with Crippen LogP contribution in [-0.4, -0.2) is 42.8 Å². The van der Waals surface area contributed by atoms with Crippen molar-refractivity contribution in [1.29, 1.82) is 0 Å². The Balaban J connectivity index is 1.98. The number of imide groups is 1. The number of anilines is 1. The zero-order chi connectivity index (χ0) is 13.8. The van der Waals surface area contributed by atoms with Crippen LogP contribution >= 0.6 is 11.8 Å². The number of ether oxygens (including phenoxy) is 1. The Morgan fingerprint density at radius 1 is 1.58 bits per heavy atom. The highest BCUT2D eigenvalue weighted by atomic mass is 32.2. The van der Waals surface area contributed by atoms with Crippen LogP contribution in [-0.2, 0) is 4.79 Å². The summed E-state index contributed by atoms with van der Waals surface area (Å²) in [6.45, 7) is 0.942. The maximum atomic E-state index is 11.9. The van der Waals surface area contributed by atoms with Crippen LogP contribution in [0.25, 0.3) is 0 Å². The van der Waals surface area contributed by atoms with Gasteiger partial charge in [0.15, 0.2) is 0 Å². The molecule has 0 aliphatic carbocycles. The molecule has 102 valence electrons. The van der Waals surface area contributed by atoms with Crippen LogP contribution in [0, 0.1) is 0 Å². The molecule has 1 aromatic carbocycles. The second kappa shape index (κ2) is 5.83. The summed E-state index contributed by atoms with van der Waals surface area (Å²) in [6, 6.07) is 4.93. The highest BCUT2D eigenvalue weighted by Crippen LogP contribution is 2.31. The van der Waals surface area contributed by atoms with Gasteiger partial charge in [-0.25, -0.2) is 4.79 Å². The van der Waals surface area contributed by atoms with E-state index in [9.17, 15) is 9.59 Å². The molecule has 0 radical (unpaired) electrons. The Kier molecular flexibility index (Phi) is 4.16. The first-order valence-corrected chi connectivity index (χ1v) is 6.75. The lowest BCUT2D eigenvalue weighted by atomic mass is 10.3. The number of nitrogens with zero attached hydrogens (tertiary/aromatic N) is 1. The standard InChI is InChI=1S/C12H15N3O3S/c1-18-9-6-8(13)2-3-10(9)19-7-11(16)15-5-4-14-12(15)17/h2-3,6H,4-5,7,13H2,1H3,(H,14,17). The van der Waals surface area contributed by atoms with Crippen LogP contribution in [0.3, 0.4) is 0 Å². The molecule has 0 saturated carbocycles. The van der Waals surface area contributed by atoms with Gasteiger partial charge in [0.05, 0.1) is 12.9 Å². The second-order valence-electron chi connectivity index (χ2n) is 3.98. The lowest BCUT2D eigenvalue weighted by Gasteiger charge is -2.13. The van der Waals surface area contributed by atoms with Gasteiger partial charge in [0.2, 0.25) is 5.91 Å². The summed E-state index contributed by atoms with van der Waals surface area (Å²) in [7, 11) is 1.55. The largest absolute Gasteiger partial charge is 0.496 e. The molecular formula is C12H15N3O3S. The van der Waals surface area contributed by atoms with E-state index >= 15 is 0 Å². The summed E-state index contributed by atoms with van der Waals surface area (Å²) >= 11 is 1.33. The number of nitrogen functional groups attached to an aromatic ring is 1. The first-order valence-electron chi connectivity index (χ1n) is 5.76. The molecule has 1 fully saturated rings. The maximum Gasteiger partial charge on any atom is 0.324 e. The van der Waals surface area contributed by atoms with Crippen molar-refractivity contribution in [2.45, 2.75) is 4.90 Å². The summed E-state index contributed by atoms with van der Waals surface area (Å²) in [5.41, 5.74) is 6.26. The second-order valence-corrected chi connectivity index (χ2v) is 4.99. The highest BCUT2D eigenvalue weighted by molar-refractivity contribution is 8.00. The zero-order valence-corrected chi connectivity index (χ0v) is 11.3. The van der Waals surface area contributed by atoms with E-state index in [1.807, 2.05) is 0 Å². The van der Waals surface area contributed by atoms with Crippen molar-refractivity contribution in [3.05, 3.63) is 18.2 Å². The van der Waals surface area contributed by atoms with Gasteiger partial charge in [-0.05, 0) is 12.1 Å². The van der Waals surface area contributed by atoms with E-state index in [4.69, 9.17) is 10.5 Å². The Hall–Kier alpha value is -1.89. The van der Waals surface area contributed by atoms with Gasteiger partial charge < -0.3 is 15.8 Å². The molecule has 0 spiro atoms. The van der Waals surface area contributed by atoms with E-state index in [-0.39, 0.29) is 17.7 Å². The molecule has 0 atom stereocenters. The Morgan fingerprint density at radius 3 is 3.00 bits per heavy atom. The van der Waals surface area contributed by atoms with E-state index in [1.165, 1.54) is 16.7 Å². The van der Waals surface area contributed by atoms with Gasteiger partial charge in [-0.2, -0.15) is 0 Å². The topological polar surface area (TPSA) is 84.7 Å². The number of nitrogens with one attached hydrogen (secondary N) is 1. The molecule has 1 aromatic rings. The monoisotopic (exact) mass is 281 g/mol. The summed E-state index contributed by atoms with van der Waals surface area (Å²) in [4.78, 5) is 25.3. The third kappa shape index (κ3) is 3.11. The van der Waals surface area contributed by atoms with Crippen LogP contribution in [0.4, 0.5) is 10.5 Å². The number of hydrogen-bond acceptors (Lipinski definition) is 5. The molecule has 0 unspecified atom stereocenters. The molecule has 19 heavy (non-hydrogen) atoms. The number of hydrogen-bond donors (Lipinski definition) is 2. The van der Waals surface area contributed by atoms with Crippen molar-refractivity contribution in [2.75, 3.05) is 31.7 Å². The number of rotatable bonds is 4. The van der Waals surface area contributed by atoms with Gasteiger partial charge in [-0.15, -0.1) is 11.8 Å². The minimum atomic E-state index is -0.324. The Bertz CT molecular complexity index is 507. The summed E-state index contributed by atoms with van der Waals surface area (Å²) < 4.78 is 5.20. The average Bonchev–Trinajstić information content (AvgIpc) is 2.83. The molecule has 2 rings (SSSR count). The fourth-order valence-electron chi connectivity index (χ4n) is 1.73. The van der Waals surface area contributed by atoms with Crippen molar-refractivity contribution < 1.29 is 14.3 Å². The Morgan fingerprint density at radius 2 is 2.37 bits per heavy atom. The van der Waals surface area contributed by atoms with E-state index in [2.05, 4.69) is 5.32 Å². The van der Waals surface area contributed by atoms with Crippen LogP contribution in [0.2, 0.25) is 0 Å². The third-order valence-electron chi connectivity index (χ3n) is 2.70. The van der Waals surface area contributed by atoms with Crippen molar-refractivity contribution in [3.8, 4) is 5.75 Å². The van der Waals surface area contributed by atoms with Gasteiger partial charge >= 0.3 is 6.03 Å². The number of urea groups is 1. The van der Waals surface area contributed by atoms with Crippen LogP contribution in [0.15, 0.2) is 23.1 Å². The van der Waals surface area contributed by atoms with E-state index in [0.29, 0.717) is 24.5 Å². The fourth-order valence-corrected chi connectivity index (χ4v) is 2.61. The smallest absolute Gasteiger partial charge is 0.324 e. The number of methoxy groups -OCH3 is 1. The number of carbonyl (C=O) groups is 2. The number of nitrogens with two attached hydrogens (primary N) is 1. The molecule has 0 bridgehead atoms. The minimum Gasteiger partial charge on any atom is -0.496 e. The molecule has 7 heteroatoms. The molecule has 1 aliphatic rings. The molecule has 6 nitrogen and oxygen atoms in total. The third-order valence-corrected chi connectivity index (χ3v) is 3.74. The van der Waals surface area contributed by atoms with Gasteiger partial charge in [0.25, 0.3) is 0 Å². The molecule has 1 aliphatic heterocycles. The molecule has 0 aromatic heterocycles. The first kappa shape index (κ1) is 13.5. The van der Waals surface area contributed by atoms with E-state index in [1.54, 1.807) is 25.3 Å². The molecular weight excluding hydrogens is 266 g/mol. The maximum absolute atomic E-state index is 11.9. The minimum absolute atomic E-state index is 0.188. The van der Waals surface area contributed by atoms with Crippen molar-refractivity contribution >= 4 is 29.4 Å². The van der Waals surface area contributed by atoms with Crippen LogP contribution in [0.5, 0.6) is 5.75 Å². The lowest BCUT2D eigenvalue weighted by molar-refractivity contribution is -0.124. The summed E-state index contributed by atoms with van der Waals surface area (Å²) in [6.07, 6.45) is 0. The first-order chi connectivity index (χ1) is 9.11. The molecule has 3 amide bonds. The quantitative estimate of drug-likeness (QED) is 0.633. The number of amides is 3. The van der Waals surface area contributed by atoms with Gasteiger partial charge in [-0.1, -0.05) is 0 Å². The Labute approximate surface area is 115 Å². The molecule has 1 heterocycles. The van der Waals surface area contributed by atoms with Crippen molar-refractivity contribution in [1.82, 2.24) is 10.2 Å².